The highest BCUT2D eigenvalue weighted by Crippen LogP contribution is 2.45. The summed E-state index contributed by atoms with van der Waals surface area (Å²) in [6.07, 6.45) is 2.69. The number of aliphatic hydroxyl groups excluding tert-OH is 1. The summed E-state index contributed by atoms with van der Waals surface area (Å²) in [5.41, 5.74) is -1.58. The fourth-order valence-corrected chi connectivity index (χ4v) is 2.88. The molecular formula is C15H20O4. The standard InChI is InChI=1S/C15H20O4/c1-5-10-7-12(17)14(3,4)19-15(10)8-11(16)9(2)6-13(15)18/h5-6,10,12,17H,1,7-8H2,2-4H3. The van der Waals surface area contributed by atoms with E-state index in [1.165, 1.54) is 6.08 Å². The number of carbonyl (C=O) groups is 2. The van der Waals surface area contributed by atoms with Crippen LogP contribution in [0.25, 0.3) is 0 Å². The molecule has 1 saturated heterocycles. The number of hydrogen-bond donors (Lipinski definition) is 1. The average Bonchev–Trinajstić information content (AvgIpc) is 2.31. The van der Waals surface area contributed by atoms with Crippen LogP contribution in [0.2, 0.25) is 0 Å². The molecule has 0 radical (unpaired) electrons. The lowest BCUT2D eigenvalue weighted by molar-refractivity contribution is -0.231. The summed E-state index contributed by atoms with van der Waals surface area (Å²) < 4.78 is 5.91. The molecule has 0 aromatic heterocycles. The number of carbonyl (C=O) groups excluding carboxylic acids is 2. The van der Waals surface area contributed by atoms with E-state index in [1.54, 1.807) is 26.8 Å². The van der Waals surface area contributed by atoms with Crippen LogP contribution in [-0.4, -0.2) is 34.0 Å². The van der Waals surface area contributed by atoms with Crippen molar-refractivity contribution < 1.29 is 19.4 Å². The van der Waals surface area contributed by atoms with Gasteiger partial charge in [-0.1, -0.05) is 6.08 Å². The maximum atomic E-state index is 12.4. The van der Waals surface area contributed by atoms with Gasteiger partial charge in [0.1, 0.15) is 5.60 Å². The largest absolute Gasteiger partial charge is 0.390 e. The average molecular weight is 264 g/mol. The van der Waals surface area contributed by atoms with E-state index in [9.17, 15) is 14.7 Å². The predicted molar refractivity (Wildman–Crippen MR) is 70.6 cm³/mol. The zero-order valence-electron chi connectivity index (χ0n) is 11.6. The Balaban J connectivity index is 2.48. The maximum absolute atomic E-state index is 12.4. The molecule has 0 saturated carbocycles. The van der Waals surface area contributed by atoms with Crippen LogP contribution in [0.3, 0.4) is 0 Å². The third-order valence-electron chi connectivity index (χ3n) is 4.24. The number of rotatable bonds is 1. The number of Topliss-reactive ketones (excluding diaryl/α,β-unsaturated/α-hetero) is 1. The molecule has 1 spiro atoms. The molecule has 2 rings (SSSR count). The topological polar surface area (TPSA) is 63.6 Å². The first kappa shape index (κ1) is 14.2. The van der Waals surface area contributed by atoms with E-state index in [4.69, 9.17) is 4.74 Å². The van der Waals surface area contributed by atoms with Gasteiger partial charge < -0.3 is 9.84 Å². The highest BCUT2D eigenvalue weighted by atomic mass is 16.5. The van der Waals surface area contributed by atoms with Crippen molar-refractivity contribution in [3.63, 3.8) is 0 Å². The van der Waals surface area contributed by atoms with E-state index < -0.39 is 17.3 Å². The molecule has 4 nitrogen and oxygen atoms in total. The zero-order chi connectivity index (χ0) is 14.4. The Hall–Kier alpha value is -1.26. The van der Waals surface area contributed by atoms with Crippen LogP contribution in [0, 0.1) is 5.92 Å². The third kappa shape index (κ3) is 2.09. The number of hydrogen-bond acceptors (Lipinski definition) is 4. The lowest BCUT2D eigenvalue weighted by atomic mass is 9.69. The molecule has 1 N–H and O–H groups in total. The summed E-state index contributed by atoms with van der Waals surface area (Å²) in [5.74, 6) is -0.635. The Kier molecular flexibility index (Phi) is 3.27. The van der Waals surface area contributed by atoms with E-state index in [-0.39, 0.29) is 23.9 Å². The van der Waals surface area contributed by atoms with E-state index >= 15 is 0 Å². The van der Waals surface area contributed by atoms with Gasteiger partial charge >= 0.3 is 0 Å². The molecule has 1 heterocycles. The number of allylic oxidation sites excluding steroid dienone is 1. The van der Waals surface area contributed by atoms with E-state index in [1.807, 2.05) is 0 Å². The van der Waals surface area contributed by atoms with E-state index in [0.29, 0.717) is 12.0 Å². The molecule has 4 heteroatoms. The highest BCUT2D eigenvalue weighted by molar-refractivity contribution is 6.12. The highest BCUT2D eigenvalue weighted by Gasteiger charge is 2.56. The molecule has 1 aliphatic heterocycles. The smallest absolute Gasteiger partial charge is 0.188 e. The second-order valence-electron chi connectivity index (χ2n) is 5.98. The van der Waals surface area contributed by atoms with Crippen LogP contribution in [0.5, 0.6) is 0 Å². The number of ketones is 2. The Labute approximate surface area is 113 Å². The Morgan fingerprint density at radius 2 is 2.11 bits per heavy atom. The second-order valence-corrected chi connectivity index (χ2v) is 5.98. The van der Waals surface area contributed by atoms with Crippen molar-refractivity contribution in [2.45, 2.75) is 50.9 Å². The van der Waals surface area contributed by atoms with Crippen molar-refractivity contribution in [1.82, 2.24) is 0 Å². The SMILES string of the molecule is C=CC1CC(O)C(C)(C)OC12CC(=O)C(C)=CC2=O. The fourth-order valence-electron chi connectivity index (χ4n) is 2.88. The molecule has 0 amide bonds. The Morgan fingerprint density at radius 1 is 1.47 bits per heavy atom. The van der Waals surface area contributed by atoms with Crippen molar-refractivity contribution in [2.75, 3.05) is 0 Å². The molecule has 2 aliphatic rings. The molecule has 1 aliphatic carbocycles. The molecular weight excluding hydrogens is 244 g/mol. The molecule has 0 bridgehead atoms. The first-order valence-corrected chi connectivity index (χ1v) is 6.49. The summed E-state index contributed by atoms with van der Waals surface area (Å²) in [4.78, 5) is 24.4. The van der Waals surface area contributed by atoms with Gasteiger partial charge in [0, 0.05) is 12.3 Å². The Morgan fingerprint density at radius 3 is 2.68 bits per heavy atom. The van der Waals surface area contributed by atoms with Gasteiger partial charge in [-0.2, -0.15) is 0 Å². The van der Waals surface area contributed by atoms with Gasteiger partial charge in [-0.05, 0) is 38.8 Å². The van der Waals surface area contributed by atoms with Gasteiger partial charge in [-0.3, -0.25) is 9.59 Å². The second kappa shape index (κ2) is 4.39. The summed E-state index contributed by atoms with van der Waals surface area (Å²) in [5, 5.41) is 10.1. The van der Waals surface area contributed by atoms with Gasteiger partial charge in [0.15, 0.2) is 11.6 Å². The van der Waals surface area contributed by atoms with Crippen molar-refractivity contribution in [2.24, 2.45) is 5.92 Å². The quantitative estimate of drug-likeness (QED) is 0.730. The molecule has 0 aromatic carbocycles. The van der Waals surface area contributed by atoms with Gasteiger partial charge in [-0.25, -0.2) is 0 Å². The first-order valence-electron chi connectivity index (χ1n) is 6.49. The summed E-state index contributed by atoms with van der Waals surface area (Å²) in [7, 11) is 0. The van der Waals surface area contributed by atoms with Crippen LogP contribution < -0.4 is 0 Å². The van der Waals surface area contributed by atoms with Crippen molar-refractivity contribution >= 4 is 11.6 Å². The van der Waals surface area contributed by atoms with Crippen LogP contribution >= 0.6 is 0 Å². The molecule has 104 valence electrons. The Bertz CT molecular complexity index is 475. The van der Waals surface area contributed by atoms with Crippen LogP contribution in [-0.2, 0) is 14.3 Å². The monoisotopic (exact) mass is 264 g/mol. The normalized spacial score (nSPS) is 38.2. The maximum Gasteiger partial charge on any atom is 0.188 e. The molecule has 19 heavy (non-hydrogen) atoms. The lowest BCUT2D eigenvalue weighted by Crippen LogP contribution is -2.62. The van der Waals surface area contributed by atoms with Crippen LogP contribution in [0.1, 0.15) is 33.6 Å². The van der Waals surface area contributed by atoms with Gasteiger partial charge in [0.05, 0.1) is 11.7 Å². The first-order chi connectivity index (χ1) is 8.73. The van der Waals surface area contributed by atoms with Gasteiger partial charge in [0.2, 0.25) is 0 Å². The lowest BCUT2D eigenvalue weighted by Gasteiger charge is -2.51. The minimum absolute atomic E-state index is 0.0288. The van der Waals surface area contributed by atoms with Gasteiger partial charge in [-0.15, -0.1) is 6.58 Å². The summed E-state index contributed by atoms with van der Waals surface area (Å²) in [6, 6.07) is 0. The minimum Gasteiger partial charge on any atom is -0.390 e. The minimum atomic E-state index is -1.19. The molecule has 0 aromatic rings. The molecule has 3 atom stereocenters. The fraction of sp³-hybridized carbons (Fsp3) is 0.600. The van der Waals surface area contributed by atoms with Crippen molar-refractivity contribution in [3.8, 4) is 0 Å². The van der Waals surface area contributed by atoms with Crippen molar-refractivity contribution in [1.29, 1.82) is 0 Å². The molecule has 1 fully saturated rings. The van der Waals surface area contributed by atoms with Crippen LogP contribution in [0.4, 0.5) is 0 Å². The van der Waals surface area contributed by atoms with E-state index in [2.05, 4.69) is 6.58 Å². The third-order valence-corrected chi connectivity index (χ3v) is 4.24. The van der Waals surface area contributed by atoms with Crippen molar-refractivity contribution in [3.05, 3.63) is 24.3 Å². The zero-order valence-corrected chi connectivity index (χ0v) is 11.6. The summed E-state index contributed by atoms with van der Waals surface area (Å²) in [6.45, 7) is 8.83. The molecule has 3 unspecified atom stereocenters. The predicted octanol–water partition coefficient (Wildman–Crippen LogP) is 1.58. The van der Waals surface area contributed by atoms with E-state index in [0.717, 1.165) is 0 Å². The number of ether oxygens (including phenoxy) is 1. The van der Waals surface area contributed by atoms with Gasteiger partial charge in [0.25, 0.3) is 0 Å². The van der Waals surface area contributed by atoms with Crippen LogP contribution in [0.15, 0.2) is 24.3 Å². The number of aliphatic hydroxyl groups is 1. The summed E-state index contributed by atoms with van der Waals surface area (Å²) >= 11 is 0.